The van der Waals surface area contributed by atoms with E-state index in [9.17, 15) is 0 Å². The van der Waals surface area contributed by atoms with Crippen molar-refractivity contribution in [1.82, 2.24) is 19.5 Å². The molecule has 0 saturated carbocycles. The summed E-state index contributed by atoms with van der Waals surface area (Å²) in [5, 5.41) is 4.00. The van der Waals surface area contributed by atoms with Gasteiger partial charge in [-0.15, -0.1) is 32.8 Å². The second-order valence-corrected chi connectivity index (χ2v) is 13.0. The van der Waals surface area contributed by atoms with Gasteiger partial charge in [0.05, 0.1) is 16.6 Å². The highest BCUT2D eigenvalue weighted by Gasteiger charge is 2.23. The van der Waals surface area contributed by atoms with Gasteiger partial charge in [0.15, 0.2) is 17.5 Å². The van der Waals surface area contributed by atoms with Gasteiger partial charge in [0, 0.05) is 44.4 Å². The summed E-state index contributed by atoms with van der Waals surface area (Å²) in [7, 11) is 63.2. The minimum Gasteiger partial charge on any atom is -0.455 e. The number of para-hydroxylation sites is 3. The van der Waals surface area contributed by atoms with E-state index in [2.05, 4.69) is 34.9 Å². The number of hydrogen-bond donors (Lipinski definition) is 0. The Balaban J connectivity index is 1.31. The Kier molecular flexibility index (Phi) is 8.00. The maximum Gasteiger partial charge on any atom is 0.167 e. The van der Waals surface area contributed by atoms with Crippen LogP contribution in [0.3, 0.4) is 0 Å². The Morgan fingerprint density at radius 1 is 0.407 bits per heavy atom. The second-order valence-electron chi connectivity index (χ2n) is 13.0. The van der Waals surface area contributed by atoms with E-state index >= 15 is 0 Å². The average molecular weight is 663 g/mol. The summed E-state index contributed by atoms with van der Waals surface area (Å²) < 4.78 is 8.89. The van der Waals surface area contributed by atoms with Crippen LogP contribution in [-0.4, -0.2) is 98.0 Å². The normalized spacial score (nSPS) is 11.7. The Labute approximate surface area is 324 Å². The lowest BCUT2D eigenvalue weighted by molar-refractivity contribution is 0.669. The number of rotatable bonds is 4. The highest BCUT2D eigenvalue weighted by Crippen LogP contribution is 2.38. The van der Waals surface area contributed by atoms with Crippen molar-refractivity contribution in [2.24, 2.45) is 0 Å². The van der Waals surface area contributed by atoms with Crippen LogP contribution in [0, 0.1) is 0 Å². The fourth-order valence-corrected chi connectivity index (χ4v) is 7.20. The summed E-state index contributed by atoms with van der Waals surface area (Å²) >= 11 is 0. The Morgan fingerprint density at radius 2 is 0.852 bits per heavy atom. The maximum atomic E-state index is 6.67. The topological polar surface area (TPSA) is 56.7 Å². The molecule has 0 fully saturated rings. The summed E-state index contributed by atoms with van der Waals surface area (Å²) in [4.78, 5) is 14.4. The van der Waals surface area contributed by atoms with Gasteiger partial charge in [0.1, 0.15) is 89.6 Å². The van der Waals surface area contributed by atoms with Crippen LogP contribution >= 0.6 is 0 Å². The van der Waals surface area contributed by atoms with Gasteiger partial charge >= 0.3 is 0 Å². The lowest BCUT2D eigenvalue weighted by atomic mass is 9.60. The molecule has 0 aliphatic rings. The minimum atomic E-state index is -0.00191. The number of hydrogen-bond acceptors (Lipinski definition) is 4. The monoisotopic (exact) mass is 664 g/mol. The van der Waals surface area contributed by atoms with Gasteiger partial charge in [-0.1, -0.05) is 70.4 Å². The molecule has 54 heavy (non-hydrogen) atoms. The summed E-state index contributed by atoms with van der Waals surface area (Å²) in [6.45, 7) is 0. The van der Waals surface area contributed by atoms with Crippen LogP contribution in [0.2, 0.25) is 0 Å². The van der Waals surface area contributed by atoms with Crippen molar-refractivity contribution in [2.45, 2.75) is 0 Å². The van der Waals surface area contributed by atoms with Crippen LogP contribution in [0.1, 0.15) is 0 Å². The summed E-state index contributed by atoms with van der Waals surface area (Å²) in [6.07, 6.45) is 0. The van der Waals surface area contributed by atoms with Gasteiger partial charge in [-0.25, -0.2) is 15.0 Å². The van der Waals surface area contributed by atoms with E-state index in [0.29, 0.717) is 16.7 Å². The molecule has 0 aliphatic heterocycles. The molecule has 3 aromatic heterocycles. The predicted octanol–water partition coefficient (Wildman–Crippen LogP) is -2.19. The number of nitrogens with zero attached hydrogens (tertiary/aromatic N) is 4. The molecule has 20 radical (unpaired) electrons. The van der Waals surface area contributed by atoms with E-state index in [1.165, 1.54) is 0 Å². The van der Waals surface area contributed by atoms with Gasteiger partial charge in [0.25, 0.3) is 0 Å². The van der Waals surface area contributed by atoms with Crippen molar-refractivity contribution in [3.05, 3.63) is 84.9 Å². The number of fused-ring (bicyclic) bond motifs is 6. The molecule has 0 bridgehead atoms. The predicted molar refractivity (Wildman–Crippen MR) is 232 cm³/mol. The standard InChI is InChI=1S/C39H14B10N4O/c40-26-24(27(41)31(45)34(48)30(26)44)38-50-37(51-39(52-38)25-28(42)32(46)35(49)33(47)29(25)43)20-9-5-8-19-18-13-12-15(14-23(18)54-36(19)20)53-21-10-3-1-6-16(21)17-7-2-4-11-22(17)53/h1-14H. The molecule has 9 rings (SSSR count). The first-order chi connectivity index (χ1) is 26.0. The average Bonchev–Trinajstić information content (AvgIpc) is 3.73. The molecule has 3 heterocycles. The van der Waals surface area contributed by atoms with E-state index in [1.54, 1.807) is 0 Å². The van der Waals surface area contributed by atoms with Crippen LogP contribution in [0.25, 0.3) is 83.6 Å². The minimum absolute atomic E-state index is 0.00191. The van der Waals surface area contributed by atoms with Crippen LogP contribution in [0.15, 0.2) is 89.3 Å². The maximum absolute atomic E-state index is 6.67. The first kappa shape index (κ1) is 34.4. The van der Waals surface area contributed by atoms with Crippen molar-refractivity contribution < 1.29 is 4.42 Å². The van der Waals surface area contributed by atoms with Gasteiger partial charge < -0.3 is 8.98 Å². The molecular weight excluding hydrogens is 649 g/mol. The third kappa shape index (κ3) is 4.97. The molecule has 5 nitrogen and oxygen atoms in total. The quantitative estimate of drug-likeness (QED) is 0.201. The van der Waals surface area contributed by atoms with Crippen molar-refractivity contribution in [1.29, 1.82) is 0 Å². The summed E-state index contributed by atoms with van der Waals surface area (Å²) in [5.74, 6) is 0.152. The second kappa shape index (κ2) is 12.6. The van der Waals surface area contributed by atoms with Gasteiger partial charge in [-0.2, -0.15) is 0 Å². The third-order valence-corrected chi connectivity index (χ3v) is 10.0. The molecule has 6 aromatic carbocycles. The molecule has 9 aromatic rings. The van der Waals surface area contributed by atoms with Crippen LogP contribution in [0.5, 0.6) is 0 Å². The molecular formula is C39H14B10N4O. The highest BCUT2D eigenvalue weighted by molar-refractivity contribution is 6.69. The van der Waals surface area contributed by atoms with E-state index in [4.69, 9.17) is 97.8 Å². The first-order valence-electron chi connectivity index (χ1n) is 16.7. The van der Waals surface area contributed by atoms with Crippen molar-refractivity contribution in [3.63, 3.8) is 0 Å². The zero-order valence-electron chi connectivity index (χ0n) is 28.6. The van der Waals surface area contributed by atoms with E-state index in [1.807, 2.05) is 54.6 Å². The SMILES string of the molecule is [B]c1c([B])c([B])c(-c2nc(-c3c([B])c([B])c([B])c([B])c3[B])nc(-c3cccc4c3oc3cc(-n5c6ccccc6c6ccccc65)ccc34)n2)c([B])c1[B]. The molecule has 0 aliphatic carbocycles. The van der Waals surface area contributed by atoms with E-state index in [0.717, 1.165) is 38.3 Å². The molecule has 15 heteroatoms. The fourth-order valence-electron chi connectivity index (χ4n) is 7.20. The number of benzene rings is 6. The first-order valence-corrected chi connectivity index (χ1v) is 16.7. The molecule has 0 amide bonds. The zero-order valence-corrected chi connectivity index (χ0v) is 28.6. The lowest BCUT2D eigenvalue weighted by Gasteiger charge is -2.22. The van der Waals surface area contributed by atoms with Crippen LogP contribution in [-0.2, 0) is 0 Å². The Bertz CT molecular complexity index is 2880. The highest BCUT2D eigenvalue weighted by atomic mass is 16.3. The third-order valence-electron chi connectivity index (χ3n) is 10.0. The lowest BCUT2D eigenvalue weighted by Crippen LogP contribution is -2.55. The molecule has 226 valence electrons. The zero-order chi connectivity index (χ0) is 37.7. The van der Waals surface area contributed by atoms with Crippen LogP contribution in [0.4, 0.5) is 0 Å². The van der Waals surface area contributed by atoms with E-state index < -0.39 is 0 Å². The molecule has 0 spiro atoms. The van der Waals surface area contributed by atoms with Crippen molar-refractivity contribution in [2.75, 3.05) is 0 Å². The van der Waals surface area contributed by atoms with Crippen molar-refractivity contribution in [3.8, 4) is 39.9 Å². The Morgan fingerprint density at radius 3 is 1.37 bits per heavy atom. The smallest absolute Gasteiger partial charge is 0.167 e. The molecule has 0 unspecified atom stereocenters. The van der Waals surface area contributed by atoms with Gasteiger partial charge in [0.2, 0.25) is 0 Å². The van der Waals surface area contributed by atoms with Crippen molar-refractivity contribution >= 4 is 177 Å². The van der Waals surface area contributed by atoms with E-state index in [-0.39, 0.29) is 83.2 Å². The van der Waals surface area contributed by atoms with Gasteiger partial charge in [-0.3, -0.25) is 0 Å². The van der Waals surface area contributed by atoms with Gasteiger partial charge in [-0.05, 0) is 30.3 Å². The molecule has 0 N–H and O–H groups in total. The molecule has 0 saturated heterocycles. The number of furan rings is 1. The fraction of sp³-hybridized carbons (Fsp3) is 0. The van der Waals surface area contributed by atoms with Crippen LogP contribution < -0.4 is 54.6 Å². The molecule has 0 atom stereocenters. The largest absolute Gasteiger partial charge is 0.455 e. The Hall–Kier alpha value is -5.42. The summed E-state index contributed by atoms with van der Waals surface area (Å²) in [5.41, 5.74) is 5.16. The summed E-state index contributed by atoms with van der Waals surface area (Å²) in [6, 6.07) is 28.4. The number of aromatic nitrogens is 4.